The van der Waals surface area contributed by atoms with Crippen LogP contribution in [0.15, 0.2) is 42.5 Å². The first-order valence-corrected chi connectivity index (χ1v) is 8.90. The predicted octanol–water partition coefficient (Wildman–Crippen LogP) is 4.96. The van der Waals surface area contributed by atoms with Crippen molar-refractivity contribution in [3.8, 4) is 0 Å². The number of rotatable bonds is 4. The van der Waals surface area contributed by atoms with Gasteiger partial charge in [0.1, 0.15) is 6.04 Å². The van der Waals surface area contributed by atoms with Gasteiger partial charge in [-0.2, -0.15) is 13.2 Å². The summed E-state index contributed by atoms with van der Waals surface area (Å²) in [6, 6.07) is 10.00. The molecule has 6 heteroatoms. The minimum absolute atomic E-state index is 0.394. The maximum atomic E-state index is 12.9. The molecule has 3 nitrogen and oxygen atoms in total. The van der Waals surface area contributed by atoms with E-state index < -0.39 is 29.8 Å². The van der Waals surface area contributed by atoms with Crippen LogP contribution in [-0.4, -0.2) is 28.6 Å². The summed E-state index contributed by atoms with van der Waals surface area (Å²) in [6.45, 7) is 4.51. The van der Waals surface area contributed by atoms with Crippen molar-refractivity contribution in [2.24, 2.45) is 0 Å². The van der Waals surface area contributed by atoms with E-state index in [4.69, 9.17) is 0 Å². The Hall–Kier alpha value is -2.34. The molecule has 0 amide bonds. The van der Waals surface area contributed by atoms with E-state index in [0.717, 1.165) is 35.2 Å². The van der Waals surface area contributed by atoms with E-state index in [-0.39, 0.29) is 0 Å². The van der Waals surface area contributed by atoms with Gasteiger partial charge in [-0.15, -0.1) is 0 Å². The zero-order valence-corrected chi connectivity index (χ0v) is 15.3. The molecular weight excluding hydrogens is 355 g/mol. The van der Waals surface area contributed by atoms with Crippen LogP contribution in [0.5, 0.6) is 0 Å². The van der Waals surface area contributed by atoms with E-state index in [1.54, 1.807) is 0 Å². The van der Waals surface area contributed by atoms with E-state index in [1.165, 1.54) is 12.1 Å². The zero-order chi connectivity index (χ0) is 19.8. The molecule has 0 spiro atoms. The molecular formula is C21H22F3NO2. The highest BCUT2D eigenvalue weighted by Crippen LogP contribution is 2.37. The maximum absolute atomic E-state index is 12.9. The Morgan fingerprint density at radius 1 is 1.07 bits per heavy atom. The molecule has 3 rings (SSSR count). The molecule has 1 N–H and O–H groups in total. The number of carbonyl (C=O) groups is 1. The van der Waals surface area contributed by atoms with Crippen LogP contribution >= 0.6 is 0 Å². The van der Waals surface area contributed by atoms with Gasteiger partial charge in [0.15, 0.2) is 0 Å². The highest BCUT2D eigenvalue weighted by atomic mass is 19.4. The van der Waals surface area contributed by atoms with E-state index in [9.17, 15) is 23.1 Å². The smallest absolute Gasteiger partial charge is 0.416 e. The molecule has 0 bridgehead atoms. The second-order valence-electron chi connectivity index (χ2n) is 7.18. The quantitative estimate of drug-likeness (QED) is 0.819. The van der Waals surface area contributed by atoms with E-state index in [2.05, 4.69) is 0 Å². The highest BCUT2D eigenvalue weighted by molar-refractivity contribution is 5.74. The molecule has 0 saturated carbocycles. The number of halogens is 3. The first kappa shape index (κ1) is 19.4. The molecule has 0 aromatic heterocycles. The lowest BCUT2D eigenvalue weighted by molar-refractivity contribution is -0.142. The molecule has 1 fully saturated rings. The molecule has 0 aliphatic carbocycles. The molecule has 27 heavy (non-hydrogen) atoms. The van der Waals surface area contributed by atoms with Gasteiger partial charge in [0.05, 0.1) is 11.6 Å². The largest absolute Gasteiger partial charge is 0.480 e. The summed E-state index contributed by atoms with van der Waals surface area (Å²) in [5.74, 6) is -0.895. The number of hydrogen-bond donors (Lipinski definition) is 1. The molecule has 2 aromatic carbocycles. The number of carboxylic acids is 1. The number of carboxylic acid groups (broad SMARTS) is 1. The van der Waals surface area contributed by atoms with Crippen molar-refractivity contribution in [3.63, 3.8) is 0 Å². The third-order valence-corrected chi connectivity index (χ3v) is 5.02. The number of benzene rings is 2. The van der Waals surface area contributed by atoms with Gasteiger partial charge >= 0.3 is 12.1 Å². The van der Waals surface area contributed by atoms with Gasteiger partial charge in [-0.1, -0.05) is 41.5 Å². The van der Waals surface area contributed by atoms with E-state index in [0.29, 0.717) is 18.5 Å². The third-order valence-electron chi connectivity index (χ3n) is 5.02. The monoisotopic (exact) mass is 377 g/mol. The van der Waals surface area contributed by atoms with Crippen LogP contribution in [-0.2, 0) is 11.0 Å². The summed E-state index contributed by atoms with van der Waals surface area (Å²) in [6.07, 6.45) is -3.11. The van der Waals surface area contributed by atoms with Crippen LogP contribution < -0.4 is 0 Å². The zero-order valence-electron chi connectivity index (χ0n) is 15.3. The number of aliphatic carboxylic acids is 1. The summed E-state index contributed by atoms with van der Waals surface area (Å²) in [7, 11) is 0. The fraction of sp³-hybridized carbons (Fsp3) is 0.381. The second kappa shape index (κ2) is 7.35. The topological polar surface area (TPSA) is 40.5 Å². The Morgan fingerprint density at radius 2 is 1.67 bits per heavy atom. The molecule has 1 saturated heterocycles. The van der Waals surface area contributed by atoms with Crippen molar-refractivity contribution in [1.82, 2.24) is 4.90 Å². The average molecular weight is 377 g/mol. The number of likely N-dealkylation sites (tertiary alicyclic amines) is 1. The van der Waals surface area contributed by atoms with Crippen molar-refractivity contribution in [3.05, 3.63) is 70.3 Å². The molecule has 2 unspecified atom stereocenters. The summed E-state index contributed by atoms with van der Waals surface area (Å²) in [5, 5.41) is 9.60. The molecule has 0 radical (unpaired) electrons. The van der Waals surface area contributed by atoms with E-state index in [1.807, 2.05) is 36.9 Å². The fourth-order valence-corrected chi connectivity index (χ4v) is 3.96. The molecule has 1 heterocycles. The number of alkyl halides is 3. The van der Waals surface area contributed by atoms with Crippen molar-refractivity contribution >= 4 is 5.97 Å². The molecule has 2 aromatic rings. The fourth-order valence-electron chi connectivity index (χ4n) is 3.96. The average Bonchev–Trinajstić information content (AvgIpc) is 3.03. The van der Waals surface area contributed by atoms with Crippen LogP contribution in [0, 0.1) is 13.8 Å². The normalized spacial score (nSPS) is 19.2. The standard InChI is InChI=1S/C21H22F3NO2/c1-13-10-14(2)12-16(11-13)19(25-9-3-4-18(25)20(26)27)15-5-7-17(8-6-15)21(22,23)24/h5-8,10-12,18-19H,3-4,9H2,1-2H3,(H,26,27). The van der Waals surface area contributed by atoms with Crippen LogP contribution in [0.3, 0.4) is 0 Å². The van der Waals surface area contributed by atoms with Crippen LogP contribution in [0.4, 0.5) is 13.2 Å². The number of hydrogen-bond acceptors (Lipinski definition) is 2. The van der Waals surface area contributed by atoms with Crippen LogP contribution in [0.1, 0.15) is 46.7 Å². The van der Waals surface area contributed by atoms with Gasteiger partial charge < -0.3 is 5.11 Å². The Balaban J connectivity index is 2.08. The van der Waals surface area contributed by atoms with Crippen molar-refractivity contribution in [2.45, 2.75) is 44.9 Å². The Kier molecular flexibility index (Phi) is 5.29. The molecule has 1 aliphatic heterocycles. The van der Waals surface area contributed by atoms with Gasteiger partial charge in [0.25, 0.3) is 0 Å². The lowest BCUT2D eigenvalue weighted by atomic mass is 9.93. The minimum atomic E-state index is -4.40. The van der Waals surface area contributed by atoms with Crippen molar-refractivity contribution < 1.29 is 23.1 Å². The number of nitrogens with zero attached hydrogens (tertiary/aromatic N) is 1. The Morgan fingerprint density at radius 3 is 2.19 bits per heavy atom. The van der Waals surface area contributed by atoms with Gasteiger partial charge in [-0.3, -0.25) is 9.69 Å². The Labute approximate surface area is 156 Å². The molecule has 1 aliphatic rings. The number of aryl methyl sites for hydroxylation is 2. The van der Waals surface area contributed by atoms with E-state index >= 15 is 0 Å². The lowest BCUT2D eigenvalue weighted by Crippen LogP contribution is -2.39. The second-order valence-corrected chi connectivity index (χ2v) is 7.18. The van der Waals surface area contributed by atoms with Gasteiger partial charge in [-0.25, -0.2) is 0 Å². The summed E-state index contributed by atoms with van der Waals surface area (Å²) >= 11 is 0. The van der Waals surface area contributed by atoms with Crippen LogP contribution in [0.25, 0.3) is 0 Å². The maximum Gasteiger partial charge on any atom is 0.416 e. The summed E-state index contributed by atoms with van der Waals surface area (Å²) in [4.78, 5) is 13.6. The van der Waals surface area contributed by atoms with Crippen LogP contribution in [0.2, 0.25) is 0 Å². The minimum Gasteiger partial charge on any atom is -0.480 e. The summed E-state index contributed by atoms with van der Waals surface area (Å²) in [5.41, 5.74) is 2.93. The summed E-state index contributed by atoms with van der Waals surface area (Å²) < 4.78 is 38.8. The lowest BCUT2D eigenvalue weighted by Gasteiger charge is -2.32. The first-order valence-electron chi connectivity index (χ1n) is 8.90. The van der Waals surface area contributed by atoms with Gasteiger partial charge in [-0.05, 0) is 49.9 Å². The van der Waals surface area contributed by atoms with Gasteiger partial charge in [0.2, 0.25) is 0 Å². The van der Waals surface area contributed by atoms with Gasteiger partial charge in [0, 0.05) is 6.54 Å². The van der Waals surface area contributed by atoms with Crippen molar-refractivity contribution in [2.75, 3.05) is 6.54 Å². The molecule has 2 atom stereocenters. The predicted molar refractivity (Wildman–Crippen MR) is 96.6 cm³/mol. The molecule has 144 valence electrons. The van der Waals surface area contributed by atoms with Crippen molar-refractivity contribution in [1.29, 1.82) is 0 Å². The SMILES string of the molecule is Cc1cc(C)cc(C(c2ccc(C(F)(F)F)cc2)N2CCCC2C(=O)O)c1. The first-order chi connectivity index (χ1) is 12.7. The Bertz CT molecular complexity index is 810. The highest BCUT2D eigenvalue weighted by Gasteiger charge is 2.37. The third kappa shape index (κ3) is 4.16.